The Kier molecular flexibility index (Phi) is 4.56. The number of hydrogen-bond donors (Lipinski definition) is 3. The summed E-state index contributed by atoms with van der Waals surface area (Å²) in [6.07, 6.45) is 2.49. The predicted molar refractivity (Wildman–Crippen MR) is 111 cm³/mol. The Balaban J connectivity index is 1.43. The zero-order valence-electron chi connectivity index (χ0n) is 16.3. The van der Waals surface area contributed by atoms with Crippen molar-refractivity contribution in [3.63, 3.8) is 0 Å². The van der Waals surface area contributed by atoms with Gasteiger partial charge in [0.05, 0.1) is 17.4 Å². The van der Waals surface area contributed by atoms with E-state index in [1.54, 1.807) is 6.07 Å². The zero-order valence-corrected chi connectivity index (χ0v) is 16.3. The third-order valence-electron chi connectivity index (χ3n) is 6.48. The molecule has 3 aliphatic rings. The second-order valence-electron chi connectivity index (χ2n) is 8.15. The molecule has 0 spiro atoms. The molecule has 0 radical (unpaired) electrons. The van der Waals surface area contributed by atoms with E-state index < -0.39 is 0 Å². The fraction of sp³-hybridized carbons (Fsp3) is 0.524. The van der Waals surface area contributed by atoms with E-state index in [9.17, 15) is 5.11 Å². The first-order chi connectivity index (χ1) is 13.7. The third kappa shape index (κ3) is 3.08. The summed E-state index contributed by atoms with van der Waals surface area (Å²) < 4.78 is 0. The van der Waals surface area contributed by atoms with Crippen LogP contribution in [0.3, 0.4) is 0 Å². The molecule has 0 bridgehead atoms. The van der Waals surface area contributed by atoms with Gasteiger partial charge in [-0.2, -0.15) is 0 Å². The number of nitrogens with one attached hydrogen (secondary N) is 2. The van der Waals surface area contributed by atoms with Crippen LogP contribution in [0.2, 0.25) is 0 Å². The molecule has 4 heterocycles. The second kappa shape index (κ2) is 7.22. The molecule has 148 valence electrons. The summed E-state index contributed by atoms with van der Waals surface area (Å²) in [5, 5.41) is 26.1. The van der Waals surface area contributed by atoms with Gasteiger partial charge in [-0.3, -0.25) is 4.90 Å². The number of phenolic OH excluding ortho intramolecular Hbond substituents is 1. The fourth-order valence-electron chi connectivity index (χ4n) is 4.90. The first-order valence-corrected chi connectivity index (χ1v) is 10.3. The summed E-state index contributed by atoms with van der Waals surface area (Å²) in [4.78, 5) is 5.18. The number of hydrogen-bond acceptors (Lipinski definition) is 7. The minimum atomic E-state index is 0.237. The van der Waals surface area contributed by atoms with Gasteiger partial charge in [-0.15, -0.1) is 10.2 Å². The number of fused-ring (bicyclic) bond motifs is 3. The van der Waals surface area contributed by atoms with Crippen LogP contribution in [-0.4, -0.2) is 71.1 Å². The average Bonchev–Trinajstić information content (AvgIpc) is 2.74. The highest BCUT2D eigenvalue weighted by atomic mass is 16.3. The Morgan fingerprint density at radius 3 is 2.75 bits per heavy atom. The molecule has 2 unspecified atom stereocenters. The molecule has 2 aromatic rings. The number of benzene rings is 1. The summed E-state index contributed by atoms with van der Waals surface area (Å²) in [6.45, 7) is 7.66. The second-order valence-corrected chi connectivity index (χ2v) is 8.15. The summed E-state index contributed by atoms with van der Waals surface area (Å²) in [6, 6.07) is 10.8. The molecule has 2 fully saturated rings. The summed E-state index contributed by atoms with van der Waals surface area (Å²) in [5.41, 5.74) is 2.54. The number of aromatic hydroxyl groups is 1. The molecule has 1 aromatic carbocycles. The van der Waals surface area contributed by atoms with E-state index in [2.05, 4.69) is 43.6 Å². The molecule has 28 heavy (non-hydrogen) atoms. The van der Waals surface area contributed by atoms with Crippen molar-refractivity contribution in [3.8, 4) is 17.0 Å². The lowest BCUT2D eigenvalue weighted by molar-refractivity contribution is 0.128. The standard InChI is InChI=1S/C21H28N6O/c1-14-19-13-26(15-6-8-22-9-7-15)10-11-27(19)18-12-17(24-25-21(18)23-14)16-4-2-3-5-20(16)28/h2-5,12,14-15,19,22,28H,6-11,13H2,1H3,(H,23,25). The first kappa shape index (κ1) is 17.7. The van der Waals surface area contributed by atoms with Crippen molar-refractivity contribution < 1.29 is 5.11 Å². The Labute approximate surface area is 165 Å². The average molecular weight is 380 g/mol. The molecule has 3 N–H and O–H groups in total. The Morgan fingerprint density at radius 1 is 1.11 bits per heavy atom. The van der Waals surface area contributed by atoms with Crippen LogP contribution in [0.25, 0.3) is 11.3 Å². The van der Waals surface area contributed by atoms with Gasteiger partial charge < -0.3 is 20.6 Å². The van der Waals surface area contributed by atoms with Crippen LogP contribution in [0, 0.1) is 0 Å². The van der Waals surface area contributed by atoms with Gasteiger partial charge in [-0.05, 0) is 51.1 Å². The molecule has 3 aliphatic heterocycles. The van der Waals surface area contributed by atoms with Crippen molar-refractivity contribution in [2.45, 2.75) is 37.9 Å². The normalized spacial score (nSPS) is 25.7. The van der Waals surface area contributed by atoms with E-state index in [0.29, 0.717) is 23.8 Å². The number of piperidine rings is 1. The Hall–Kier alpha value is -2.38. The Bertz CT molecular complexity index is 853. The van der Waals surface area contributed by atoms with Gasteiger partial charge in [0.2, 0.25) is 0 Å². The fourth-order valence-corrected chi connectivity index (χ4v) is 4.90. The highest BCUT2D eigenvalue weighted by molar-refractivity contribution is 5.76. The summed E-state index contributed by atoms with van der Waals surface area (Å²) in [5.74, 6) is 1.08. The van der Waals surface area contributed by atoms with Crippen molar-refractivity contribution in [1.82, 2.24) is 20.4 Å². The smallest absolute Gasteiger partial charge is 0.172 e. The maximum Gasteiger partial charge on any atom is 0.172 e. The molecule has 5 rings (SSSR count). The number of phenols is 1. The molecule has 1 aromatic heterocycles. The molecule has 0 amide bonds. The van der Waals surface area contributed by atoms with Crippen LogP contribution < -0.4 is 15.5 Å². The van der Waals surface area contributed by atoms with Gasteiger partial charge >= 0.3 is 0 Å². The maximum atomic E-state index is 10.2. The van der Waals surface area contributed by atoms with Gasteiger partial charge in [0, 0.05) is 37.3 Å². The van der Waals surface area contributed by atoms with E-state index in [-0.39, 0.29) is 5.75 Å². The number of anilines is 2. The SMILES string of the molecule is CC1Nc2nnc(-c3ccccc3O)cc2N2CCN(C3CCNCC3)CC12. The first-order valence-electron chi connectivity index (χ1n) is 10.3. The largest absolute Gasteiger partial charge is 0.507 e. The maximum absolute atomic E-state index is 10.2. The number of para-hydroxylation sites is 1. The molecule has 2 saturated heterocycles. The molecule has 0 saturated carbocycles. The predicted octanol–water partition coefficient (Wildman–Crippen LogP) is 1.91. The molecule has 0 aliphatic carbocycles. The molecular weight excluding hydrogens is 352 g/mol. The van der Waals surface area contributed by atoms with Gasteiger partial charge in [0.1, 0.15) is 5.75 Å². The molecule has 7 nitrogen and oxygen atoms in total. The minimum absolute atomic E-state index is 0.237. The quantitative estimate of drug-likeness (QED) is 0.735. The summed E-state index contributed by atoms with van der Waals surface area (Å²) in [7, 11) is 0. The van der Waals surface area contributed by atoms with Crippen molar-refractivity contribution in [2.75, 3.05) is 42.9 Å². The van der Waals surface area contributed by atoms with Crippen molar-refractivity contribution in [2.24, 2.45) is 0 Å². The van der Waals surface area contributed by atoms with Crippen LogP contribution in [0.1, 0.15) is 19.8 Å². The molecule has 2 atom stereocenters. The number of aromatic nitrogens is 2. The van der Waals surface area contributed by atoms with Crippen molar-refractivity contribution in [3.05, 3.63) is 30.3 Å². The number of rotatable bonds is 2. The summed E-state index contributed by atoms with van der Waals surface area (Å²) >= 11 is 0. The lowest BCUT2D eigenvalue weighted by atomic mass is 9.96. The van der Waals surface area contributed by atoms with E-state index in [4.69, 9.17) is 0 Å². The van der Waals surface area contributed by atoms with Gasteiger partial charge in [0.25, 0.3) is 0 Å². The van der Waals surface area contributed by atoms with Crippen molar-refractivity contribution >= 4 is 11.5 Å². The van der Waals surface area contributed by atoms with E-state index in [1.165, 1.54) is 12.8 Å². The van der Waals surface area contributed by atoms with E-state index in [0.717, 1.165) is 49.8 Å². The van der Waals surface area contributed by atoms with Crippen LogP contribution in [0.15, 0.2) is 30.3 Å². The van der Waals surface area contributed by atoms with Crippen LogP contribution >= 0.6 is 0 Å². The monoisotopic (exact) mass is 380 g/mol. The van der Waals surface area contributed by atoms with E-state index >= 15 is 0 Å². The zero-order chi connectivity index (χ0) is 19.1. The minimum Gasteiger partial charge on any atom is -0.507 e. The molecular formula is C21H28N6O. The third-order valence-corrected chi connectivity index (χ3v) is 6.48. The highest BCUT2D eigenvalue weighted by Crippen LogP contribution is 2.38. The van der Waals surface area contributed by atoms with Crippen molar-refractivity contribution in [1.29, 1.82) is 0 Å². The highest BCUT2D eigenvalue weighted by Gasteiger charge is 2.39. The number of nitrogens with zero attached hydrogens (tertiary/aromatic N) is 4. The van der Waals surface area contributed by atoms with Gasteiger partial charge in [0.15, 0.2) is 5.82 Å². The lowest BCUT2D eigenvalue weighted by Crippen LogP contribution is -2.63. The van der Waals surface area contributed by atoms with Crippen LogP contribution in [0.5, 0.6) is 5.75 Å². The lowest BCUT2D eigenvalue weighted by Gasteiger charge is -2.50. The van der Waals surface area contributed by atoms with Gasteiger partial charge in [-0.25, -0.2) is 0 Å². The topological polar surface area (TPSA) is 76.6 Å². The Morgan fingerprint density at radius 2 is 1.93 bits per heavy atom. The van der Waals surface area contributed by atoms with Gasteiger partial charge in [-0.1, -0.05) is 12.1 Å². The van der Waals surface area contributed by atoms with Crippen LogP contribution in [0.4, 0.5) is 11.5 Å². The number of piperazine rings is 1. The van der Waals surface area contributed by atoms with Crippen LogP contribution in [-0.2, 0) is 0 Å². The van der Waals surface area contributed by atoms with E-state index in [1.807, 2.05) is 18.2 Å². The molecule has 7 heteroatoms.